The summed E-state index contributed by atoms with van der Waals surface area (Å²) in [5.41, 5.74) is 0.933. The number of carboxylic acid groups (broad SMARTS) is 1. The lowest BCUT2D eigenvalue weighted by Crippen LogP contribution is -2.48. The molecule has 5 aliphatic carbocycles. The summed E-state index contributed by atoms with van der Waals surface area (Å²) in [5, 5.41) is 19.8. The summed E-state index contributed by atoms with van der Waals surface area (Å²) in [6.07, 6.45) is 8.72. The monoisotopic (exact) mass is 471 g/mol. The van der Waals surface area contributed by atoms with Crippen LogP contribution in [0.25, 0.3) is 0 Å². The van der Waals surface area contributed by atoms with Gasteiger partial charge in [0.25, 0.3) is 5.91 Å². The van der Waals surface area contributed by atoms with Crippen LogP contribution in [0.3, 0.4) is 0 Å². The van der Waals surface area contributed by atoms with Gasteiger partial charge in [-0.3, -0.25) is 4.79 Å². The molecular weight excluding hydrogens is 437 g/mol. The van der Waals surface area contributed by atoms with Crippen molar-refractivity contribution in [1.29, 1.82) is 0 Å². The van der Waals surface area contributed by atoms with Crippen LogP contribution in [0.1, 0.15) is 80.1 Å². The van der Waals surface area contributed by atoms with Crippen molar-refractivity contribution in [3.05, 3.63) is 29.1 Å². The van der Waals surface area contributed by atoms with Gasteiger partial charge in [0.1, 0.15) is 17.6 Å². The van der Waals surface area contributed by atoms with Crippen LogP contribution in [-0.2, 0) is 4.79 Å². The van der Waals surface area contributed by atoms with Crippen molar-refractivity contribution >= 4 is 11.9 Å². The number of carboxylic acids is 1. The standard InChI is InChI=1S/C27H34FNO5/c1-14-22(30)12-29(24(14)26(32)33)25(31)20-7-19(18-2-3-18)23(8-21(20)28)34-13-27-9-15-4-16(10-27)6-17(5-15)11-27/h7-8,14-18,22,24,30H,2-6,9-13H2,1H3,(H,32,33)/t14-,15?,16?,17?,22+,24-,27?/m0/s1. The maximum atomic E-state index is 15.3. The number of aliphatic carboxylic acids is 1. The van der Waals surface area contributed by atoms with Crippen LogP contribution in [0.2, 0.25) is 0 Å². The van der Waals surface area contributed by atoms with E-state index in [2.05, 4.69) is 0 Å². The highest BCUT2D eigenvalue weighted by Crippen LogP contribution is 2.60. The molecule has 5 saturated carbocycles. The van der Waals surface area contributed by atoms with Crippen molar-refractivity contribution in [3.8, 4) is 5.75 Å². The number of ether oxygens (including phenoxy) is 1. The second-order valence-corrected chi connectivity index (χ2v) is 12.0. The third-order valence-corrected chi connectivity index (χ3v) is 9.38. The summed E-state index contributed by atoms with van der Waals surface area (Å²) in [6.45, 7) is 2.10. The number of halogens is 1. The Balaban J connectivity index is 1.25. The van der Waals surface area contributed by atoms with E-state index in [-0.39, 0.29) is 23.4 Å². The number of aliphatic hydroxyl groups excluding tert-OH is 1. The van der Waals surface area contributed by atoms with Crippen LogP contribution in [0, 0.1) is 34.9 Å². The largest absolute Gasteiger partial charge is 0.493 e. The van der Waals surface area contributed by atoms with Gasteiger partial charge in [-0.2, -0.15) is 0 Å². The van der Waals surface area contributed by atoms with Crippen LogP contribution in [-0.4, -0.2) is 52.3 Å². The van der Waals surface area contributed by atoms with E-state index in [4.69, 9.17) is 4.74 Å². The minimum absolute atomic E-state index is 0.112. The van der Waals surface area contributed by atoms with Crippen molar-refractivity contribution in [3.63, 3.8) is 0 Å². The van der Waals surface area contributed by atoms with Gasteiger partial charge in [0.15, 0.2) is 0 Å². The molecule has 34 heavy (non-hydrogen) atoms. The Hall–Kier alpha value is -2.15. The molecule has 184 valence electrons. The van der Waals surface area contributed by atoms with Gasteiger partial charge in [0.2, 0.25) is 0 Å². The Morgan fingerprint density at radius 1 is 1.12 bits per heavy atom. The van der Waals surface area contributed by atoms with E-state index in [1.54, 1.807) is 13.0 Å². The SMILES string of the molecule is C[C@H]1[C@H](O)CN(C(=O)c2cc(C3CC3)c(OCC34CC5CC(CC(C5)C3)C4)cc2F)[C@@H]1C(=O)O. The fourth-order valence-corrected chi connectivity index (χ4v) is 7.97. The van der Waals surface area contributed by atoms with Gasteiger partial charge in [-0.15, -0.1) is 0 Å². The van der Waals surface area contributed by atoms with Crippen LogP contribution in [0.5, 0.6) is 5.75 Å². The molecule has 1 amide bonds. The van der Waals surface area contributed by atoms with E-state index >= 15 is 4.39 Å². The van der Waals surface area contributed by atoms with E-state index in [0.29, 0.717) is 12.4 Å². The van der Waals surface area contributed by atoms with Gasteiger partial charge in [-0.05, 0) is 86.7 Å². The average Bonchev–Trinajstić information content (AvgIpc) is 3.56. The topological polar surface area (TPSA) is 87.1 Å². The molecule has 0 radical (unpaired) electrons. The highest BCUT2D eigenvalue weighted by atomic mass is 19.1. The minimum atomic E-state index is -1.18. The lowest BCUT2D eigenvalue weighted by Gasteiger charge is -2.56. The van der Waals surface area contributed by atoms with E-state index in [1.807, 2.05) is 0 Å². The molecule has 0 aromatic heterocycles. The second kappa shape index (κ2) is 7.94. The molecule has 2 N–H and O–H groups in total. The number of aliphatic hydroxyl groups is 1. The van der Waals surface area contributed by atoms with Gasteiger partial charge < -0.3 is 19.8 Å². The molecule has 1 aromatic rings. The summed E-state index contributed by atoms with van der Waals surface area (Å²) < 4.78 is 21.6. The van der Waals surface area contributed by atoms with Gasteiger partial charge >= 0.3 is 5.97 Å². The third-order valence-electron chi connectivity index (χ3n) is 9.38. The predicted molar refractivity (Wildman–Crippen MR) is 122 cm³/mol. The molecule has 0 unspecified atom stereocenters. The van der Waals surface area contributed by atoms with E-state index in [9.17, 15) is 19.8 Å². The Morgan fingerprint density at radius 2 is 1.74 bits per heavy atom. The summed E-state index contributed by atoms with van der Waals surface area (Å²) in [5.74, 6) is 0.0652. The van der Waals surface area contributed by atoms with Gasteiger partial charge in [-0.1, -0.05) is 6.92 Å². The number of rotatable bonds is 6. The van der Waals surface area contributed by atoms with Crippen molar-refractivity contribution in [2.45, 2.75) is 76.4 Å². The Bertz CT molecular complexity index is 985. The van der Waals surface area contributed by atoms with Crippen molar-refractivity contribution in [2.24, 2.45) is 29.1 Å². The zero-order valence-electron chi connectivity index (χ0n) is 19.7. The quantitative estimate of drug-likeness (QED) is 0.649. The second-order valence-electron chi connectivity index (χ2n) is 12.0. The fourth-order valence-electron chi connectivity index (χ4n) is 7.97. The Kier molecular flexibility index (Phi) is 5.21. The number of amides is 1. The molecule has 3 atom stereocenters. The normalized spacial score (nSPS) is 38.4. The maximum absolute atomic E-state index is 15.3. The molecular formula is C27H34FNO5. The first-order valence-electron chi connectivity index (χ1n) is 12.9. The van der Waals surface area contributed by atoms with Gasteiger partial charge in [0.05, 0.1) is 18.3 Å². The summed E-state index contributed by atoms with van der Waals surface area (Å²) >= 11 is 0. The minimum Gasteiger partial charge on any atom is -0.493 e. The smallest absolute Gasteiger partial charge is 0.326 e. The maximum Gasteiger partial charge on any atom is 0.326 e. The zero-order chi connectivity index (χ0) is 23.8. The number of likely N-dealkylation sites (tertiary alicyclic amines) is 1. The zero-order valence-corrected chi connectivity index (χ0v) is 19.7. The molecule has 6 nitrogen and oxygen atoms in total. The molecule has 0 spiro atoms. The first-order valence-corrected chi connectivity index (χ1v) is 12.9. The number of carbonyl (C=O) groups is 2. The number of carbonyl (C=O) groups excluding carboxylic acids is 1. The van der Waals surface area contributed by atoms with Crippen LogP contribution in [0.4, 0.5) is 4.39 Å². The number of hydrogen-bond acceptors (Lipinski definition) is 4. The molecule has 1 heterocycles. The third kappa shape index (κ3) is 3.71. The van der Waals surface area contributed by atoms with E-state index < -0.39 is 35.8 Å². The molecule has 1 aromatic carbocycles. The highest BCUT2D eigenvalue weighted by Gasteiger charge is 2.51. The van der Waals surface area contributed by atoms with Crippen molar-refractivity contribution in [2.75, 3.05) is 13.2 Å². The molecule has 7 heteroatoms. The Labute approximate surface area is 199 Å². The number of benzene rings is 1. The lowest BCUT2D eigenvalue weighted by atomic mass is 9.50. The number of β-amino-alcohol motifs (C(OH)–C–C–N with tert-alkyl or cyclic N) is 1. The number of nitrogens with zero attached hydrogens (tertiary/aromatic N) is 1. The molecule has 6 fully saturated rings. The van der Waals surface area contributed by atoms with Crippen molar-refractivity contribution in [1.82, 2.24) is 4.90 Å². The van der Waals surface area contributed by atoms with Gasteiger partial charge in [-0.25, -0.2) is 9.18 Å². The number of hydrogen-bond donors (Lipinski definition) is 2. The molecule has 4 bridgehead atoms. The lowest BCUT2D eigenvalue weighted by molar-refractivity contribution is -0.142. The fraction of sp³-hybridized carbons (Fsp3) is 0.704. The summed E-state index contributed by atoms with van der Waals surface area (Å²) in [6, 6.07) is 1.75. The first-order chi connectivity index (χ1) is 16.2. The first kappa shape index (κ1) is 22.3. The predicted octanol–water partition coefficient (Wildman–Crippen LogP) is 4.20. The molecule has 1 saturated heterocycles. The summed E-state index contributed by atoms with van der Waals surface area (Å²) in [7, 11) is 0. The molecule has 1 aliphatic heterocycles. The average molecular weight is 472 g/mol. The van der Waals surface area contributed by atoms with Crippen LogP contribution >= 0.6 is 0 Å². The van der Waals surface area contributed by atoms with Crippen LogP contribution < -0.4 is 4.74 Å². The van der Waals surface area contributed by atoms with Crippen molar-refractivity contribution < 1.29 is 28.9 Å². The Morgan fingerprint density at radius 3 is 2.29 bits per heavy atom. The molecule has 7 rings (SSSR count). The highest BCUT2D eigenvalue weighted by molar-refractivity contribution is 5.97. The summed E-state index contributed by atoms with van der Waals surface area (Å²) in [4.78, 5) is 26.1. The van der Waals surface area contributed by atoms with Crippen LogP contribution in [0.15, 0.2) is 12.1 Å². The van der Waals surface area contributed by atoms with E-state index in [0.717, 1.165) is 41.1 Å². The van der Waals surface area contributed by atoms with Gasteiger partial charge in [0, 0.05) is 23.9 Å². The molecule has 6 aliphatic rings. The van der Waals surface area contributed by atoms with E-state index in [1.165, 1.54) is 44.6 Å².